The zero-order chi connectivity index (χ0) is 10.8. The number of carbonyl (C=O) groups is 2. The van der Waals surface area contributed by atoms with Crippen molar-refractivity contribution < 1.29 is 24.5 Å². The van der Waals surface area contributed by atoms with Gasteiger partial charge in [0, 0.05) is 6.42 Å². The molecule has 0 aromatic heterocycles. The monoisotopic (exact) mass is 220 g/mol. The van der Waals surface area contributed by atoms with Gasteiger partial charge in [-0.15, -0.1) is 11.8 Å². The molecule has 5 nitrogen and oxygen atoms in total. The Morgan fingerprint density at radius 1 is 1.79 bits per heavy atom. The van der Waals surface area contributed by atoms with Crippen molar-refractivity contribution in [2.75, 3.05) is 6.26 Å². The fourth-order valence-electron chi connectivity index (χ4n) is 1.43. The van der Waals surface area contributed by atoms with Crippen LogP contribution in [0.2, 0.25) is 0 Å². The molecule has 1 aliphatic rings. The first-order valence-corrected chi connectivity index (χ1v) is 5.40. The van der Waals surface area contributed by atoms with Gasteiger partial charge in [-0.25, -0.2) is 0 Å². The van der Waals surface area contributed by atoms with Crippen LogP contribution in [0.3, 0.4) is 0 Å². The van der Waals surface area contributed by atoms with Crippen LogP contribution in [-0.2, 0) is 14.3 Å². The van der Waals surface area contributed by atoms with Crippen LogP contribution in [0.15, 0.2) is 0 Å². The summed E-state index contributed by atoms with van der Waals surface area (Å²) in [6, 6.07) is 0. The molecule has 80 valence electrons. The molecule has 0 saturated carbocycles. The molecule has 0 aromatic rings. The molecule has 2 atom stereocenters. The van der Waals surface area contributed by atoms with Gasteiger partial charge in [-0.3, -0.25) is 9.59 Å². The summed E-state index contributed by atoms with van der Waals surface area (Å²) in [4.78, 5) is 21.5. The number of hydrogen-bond donors (Lipinski definition) is 2. The average Bonchev–Trinajstić information content (AvgIpc) is 1.99. The predicted molar refractivity (Wildman–Crippen MR) is 49.8 cm³/mol. The van der Waals surface area contributed by atoms with E-state index < -0.39 is 29.4 Å². The maximum atomic E-state index is 11.0. The Kier molecular flexibility index (Phi) is 3.38. The molecule has 2 unspecified atom stereocenters. The zero-order valence-corrected chi connectivity index (χ0v) is 8.54. The topological polar surface area (TPSA) is 83.8 Å². The first kappa shape index (κ1) is 11.3. The smallest absolute Gasteiger partial charge is 0.309 e. The summed E-state index contributed by atoms with van der Waals surface area (Å²) < 4.78 is 4.88. The van der Waals surface area contributed by atoms with Gasteiger partial charge >= 0.3 is 11.9 Å². The molecule has 1 fully saturated rings. The summed E-state index contributed by atoms with van der Waals surface area (Å²) in [6.45, 7) is 0. The van der Waals surface area contributed by atoms with Crippen molar-refractivity contribution in [1.29, 1.82) is 0 Å². The van der Waals surface area contributed by atoms with Gasteiger partial charge in [-0.1, -0.05) is 0 Å². The summed E-state index contributed by atoms with van der Waals surface area (Å²) >= 11 is 1.28. The molecule has 0 amide bonds. The predicted octanol–water partition coefficient (Wildman–Crippen LogP) is 0.218. The van der Waals surface area contributed by atoms with E-state index in [1.165, 1.54) is 11.8 Å². The molecule has 2 N–H and O–H groups in total. The molecule has 1 aliphatic heterocycles. The van der Waals surface area contributed by atoms with E-state index in [0.29, 0.717) is 0 Å². The lowest BCUT2D eigenvalue weighted by atomic mass is 9.90. The van der Waals surface area contributed by atoms with Crippen LogP contribution >= 0.6 is 11.8 Å². The van der Waals surface area contributed by atoms with Gasteiger partial charge < -0.3 is 14.9 Å². The fraction of sp³-hybridized carbons (Fsp3) is 0.750. The molecule has 0 radical (unpaired) electrons. The number of esters is 1. The Balaban J connectivity index is 2.67. The van der Waals surface area contributed by atoms with Crippen LogP contribution in [0.1, 0.15) is 19.3 Å². The Bertz CT molecular complexity index is 250. The van der Waals surface area contributed by atoms with Crippen LogP contribution in [0.4, 0.5) is 0 Å². The molecule has 0 aromatic carbocycles. The summed E-state index contributed by atoms with van der Waals surface area (Å²) in [5.74, 6) is -1.65. The second-order valence-electron chi connectivity index (χ2n) is 3.33. The zero-order valence-electron chi connectivity index (χ0n) is 7.73. The van der Waals surface area contributed by atoms with Crippen molar-refractivity contribution in [2.45, 2.75) is 30.3 Å². The van der Waals surface area contributed by atoms with E-state index in [4.69, 9.17) is 9.84 Å². The van der Waals surface area contributed by atoms with Crippen molar-refractivity contribution in [3.8, 4) is 0 Å². The third-order valence-corrected chi connectivity index (χ3v) is 2.81. The highest BCUT2D eigenvalue weighted by Crippen LogP contribution is 2.32. The highest BCUT2D eigenvalue weighted by molar-refractivity contribution is 7.99. The number of aliphatic carboxylic acids is 1. The molecule has 6 heteroatoms. The largest absolute Gasteiger partial charge is 0.481 e. The molecule has 0 spiro atoms. The Morgan fingerprint density at radius 3 is 2.93 bits per heavy atom. The standard InChI is InChI=1S/C8H12O5S/c1-14-7-4-8(12,2-5(9)10)3-6(11)13-7/h7,12H,2-4H2,1H3,(H,9,10). The lowest BCUT2D eigenvalue weighted by molar-refractivity contribution is -0.166. The van der Waals surface area contributed by atoms with E-state index in [2.05, 4.69) is 0 Å². The number of rotatable bonds is 3. The van der Waals surface area contributed by atoms with E-state index in [1.807, 2.05) is 0 Å². The third-order valence-electron chi connectivity index (χ3n) is 2.03. The first-order valence-electron chi connectivity index (χ1n) is 4.12. The number of thioether (sulfide) groups is 1. The molecule has 1 saturated heterocycles. The lowest BCUT2D eigenvalue weighted by Gasteiger charge is -2.33. The Morgan fingerprint density at radius 2 is 2.43 bits per heavy atom. The number of carboxylic acids is 1. The van der Waals surface area contributed by atoms with Gasteiger partial charge in [0.25, 0.3) is 0 Å². The number of cyclic esters (lactones) is 1. The van der Waals surface area contributed by atoms with Gasteiger partial charge in [-0.05, 0) is 6.26 Å². The number of hydrogen-bond acceptors (Lipinski definition) is 5. The Labute approximate surface area is 85.4 Å². The molecular weight excluding hydrogens is 208 g/mol. The molecule has 14 heavy (non-hydrogen) atoms. The number of carboxylic acid groups (broad SMARTS) is 1. The van der Waals surface area contributed by atoms with Gasteiger partial charge in [0.05, 0.1) is 18.4 Å². The Hall–Kier alpha value is -0.750. The number of carbonyl (C=O) groups excluding carboxylic acids is 1. The second kappa shape index (κ2) is 4.18. The van der Waals surface area contributed by atoms with Crippen LogP contribution < -0.4 is 0 Å². The van der Waals surface area contributed by atoms with E-state index in [0.717, 1.165) is 0 Å². The number of ether oxygens (including phenoxy) is 1. The van der Waals surface area contributed by atoms with Crippen molar-refractivity contribution in [2.24, 2.45) is 0 Å². The molecule has 1 heterocycles. The summed E-state index contributed by atoms with van der Waals surface area (Å²) in [7, 11) is 0. The van der Waals surface area contributed by atoms with Crippen molar-refractivity contribution in [3.63, 3.8) is 0 Å². The van der Waals surface area contributed by atoms with Gasteiger partial charge in [0.15, 0.2) is 0 Å². The van der Waals surface area contributed by atoms with Crippen LogP contribution in [-0.4, -0.2) is 39.4 Å². The van der Waals surface area contributed by atoms with E-state index in [-0.39, 0.29) is 12.8 Å². The second-order valence-corrected chi connectivity index (χ2v) is 4.33. The van der Waals surface area contributed by atoms with Crippen molar-refractivity contribution in [3.05, 3.63) is 0 Å². The van der Waals surface area contributed by atoms with Crippen LogP contribution in [0, 0.1) is 0 Å². The summed E-state index contributed by atoms with van der Waals surface area (Å²) in [5.41, 5.74) is -1.89. The minimum absolute atomic E-state index is 0.173. The third kappa shape index (κ3) is 2.88. The normalized spacial score (nSPS) is 32.4. The minimum atomic E-state index is -1.45. The maximum absolute atomic E-state index is 11.0. The lowest BCUT2D eigenvalue weighted by Crippen LogP contribution is -2.43. The van der Waals surface area contributed by atoms with Crippen molar-refractivity contribution in [1.82, 2.24) is 0 Å². The molecule has 1 rings (SSSR count). The van der Waals surface area contributed by atoms with Gasteiger partial charge in [-0.2, -0.15) is 0 Å². The molecule has 0 aliphatic carbocycles. The van der Waals surface area contributed by atoms with Crippen LogP contribution in [0.5, 0.6) is 0 Å². The van der Waals surface area contributed by atoms with E-state index >= 15 is 0 Å². The summed E-state index contributed by atoms with van der Waals surface area (Å²) in [5, 5.41) is 18.4. The minimum Gasteiger partial charge on any atom is -0.481 e. The van der Waals surface area contributed by atoms with Crippen LogP contribution in [0.25, 0.3) is 0 Å². The quantitative estimate of drug-likeness (QED) is 0.662. The SMILES string of the molecule is CSC1CC(O)(CC(=O)O)CC(=O)O1. The van der Waals surface area contributed by atoms with Crippen molar-refractivity contribution >= 4 is 23.7 Å². The molecular formula is C8H12O5S. The van der Waals surface area contributed by atoms with Gasteiger partial charge in [0.2, 0.25) is 0 Å². The van der Waals surface area contributed by atoms with Gasteiger partial charge in [0.1, 0.15) is 5.44 Å². The summed E-state index contributed by atoms with van der Waals surface area (Å²) in [6.07, 6.45) is 1.26. The fourth-order valence-corrected chi connectivity index (χ4v) is 2.11. The van der Waals surface area contributed by atoms with E-state index in [1.54, 1.807) is 6.26 Å². The average molecular weight is 220 g/mol. The van der Waals surface area contributed by atoms with E-state index in [9.17, 15) is 14.7 Å². The highest BCUT2D eigenvalue weighted by atomic mass is 32.2. The first-order chi connectivity index (χ1) is 6.45. The number of aliphatic hydroxyl groups is 1. The maximum Gasteiger partial charge on any atom is 0.309 e. The molecule has 0 bridgehead atoms. The highest BCUT2D eigenvalue weighted by Gasteiger charge is 2.41.